The molecule has 1 aliphatic carbocycles. The number of carbonyl (C=O) groups is 1. The van der Waals surface area contributed by atoms with E-state index < -0.39 is 0 Å². The van der Waals surface area contributed by atoms with Crippen LogP contribution in [0.5, 0.6) is 0 Å². The summed E-state index contributed by atoms with van der Waals surface area (Å²) in [6, 6.07) is 4.46. The maximum atomic E-state index is 11.3. The fourth-order valence-corrected chi connectivity index (χ4v) is 3.06. The molecular formula is C15H18O2S. The molecule has 2 nitrogen and oxygen atoms in total. The first-order valence-corrected chi connectivity index (χ1v) is 7.30. The van der Waals surface area contributed by atoms with Crippen LogP contribution in [0, 0.1) is 6.92 Å². The Labute approximate surface area is 112 Å². The molecule has 96 valence electrons. The van der Waals surface area contributed by atoms with Crippen LogP contribution >= 0.6 is 11.8 Å². The van der Waals surface area contributed by atoms with Crippen LogP contribution in [0.1, 0.15) is 29.5 Å². The van der Waals surface area contributed by atoms with E-state index in [1.54, 1.807) is 11.8 Å². The molecule has 0 N–H and O–H groups in total. The predicted octanol–water partition coefficient (Wildman–Crippen LogP) is 3.61. The Morgan fingerprint density at radius 1 is 1.39 bits per heavy atom. The maximum absolute atomic E-state index is 11.3. The van der Waals surface area contributed by atoms with Gasteiger partial charge in [-0.1, -0.05) is 17.7 Å². The summed E-state index contributed by atoms with van der Waals surface area (Å²) in [6.07, 6.45) is 6.66. The lowest BCUT2D eigenvalue weighted by molar-refractivity contribution is -0.139. The molecule has 0 radical (unpaired) electrons. The van der Waals surface area contributed by atoms with Crippen molar-refractivity contribution >= 4 is 23.8 Å². The van der Waals surface area contributed by atoms with E-state index in [2.05, 4.69) is 31.4 Å². The molecule has 0 saturated carbocycles. The molecule has 1 aromatic carbocycles. The van der Waals surface area contributed by atoms with Gasteiger partial charge in [0.1, 0.15) is 0 Å². The fourth-order valence-electron chi connectivity index (χ4n) is 2.35. The zero-order chi connectivity index (χ0) is 13.1. The van der Waals surface area contributed by atoms with Crippen LogP contribution in [0.25, 0.3) is 6.08 Å². The minimum absolute atomic E-state index is 0.150. The summed E-state index contributed by atoms with van der Waals surface area (Å²) in [4.78, 5) is 12.6. The van der Waals surface area contributed by atoms with Crippen LogP contribution < -0.4 is 0 Å². The topological polar surface area (TPSA) is 26.3 Å². The largest absolute Gasteiger partial charge is 0.469 e. The van der Waals surface area contributed by atoms with Crippen molar-refractivity contribution in [2.24, 2.45) is 0 Å². The molecule has 0 aromatic heterocycles. The zero-order valence-corrected chi connectivity index (χ0v) is 11.9. The highest BCUT2D eigenvalue weighted by Gasteiger charge is 2.16. The molecule has 0 atom stereocenters. The molecule has 0 heterocycles. The third kappa shape index (κ3) is 2.78. The summed E-state index contributed by atoms with van der Waals surface area (Å²) in [5.41, 5.74) is 5.17. The Kier molecular flexibility index (Phi) is 4.12. The third-order valence-corrected chi connectivity index (χ3v) is 4.03. The average Bonchev–Trinajstić information content (AvgIpc) is 2.38. The number of hydrogen-bond acceptors (Lipinski definition) is 3. The van der Waals surface area contributed by atoms with Gasteiger partial charge in [-0.15, -0.1) is 11.8 Å². The van der Waals surface area contributed by atoms with E-state index in [1.165, 1.54) is 34.3 Å². The first-order chi connectivity index (χ1) is 8.63. The number of esters is 1. The van der Waals surface area contributed by atoms with Crippen LogP contribution in [0.15, 0.2) is 22.6 Å². The van der Waals surface area contributed by atoms with Crippen LogP contribution in [-0.2, 0) is 16.0 Å². The number of carbonyl (C=O) groups excluding carboxylic acids is 1. The Bertz CT molecular complexity index is 503. The van der Waals surface area contributed by atoms with E-state index in [-0.39, 0.29) is 5.97 Å². The summed E-state index contributed by atoms with van der Waals surface area (Å²) < 4.78 is 4.73. The van der Waals surface area contributed by atoms with Crippen molar-refractivity contribution in [1.82, 2.24) is 0 Å². The summed E-state index contributed by atoms with van der Waals surface area (Å²) in [6.45, 7) is 2.13. The van der Waals surface area contributed by atoms with Crippen molar-refractivity contribution in [2.45, 2.75) is 31.1 Å². The number of thioether (sulfide) groups is 1. The number of hydrogen-bond donors (Lipinski definition) is 0. The van der Waals surface area contributed by atoms with Gasteiger partial charge in [-0.25, -0.2) is 0 Å². The summed E-state index contributed by atoms with van der Waals surface area (Å²) in [5, 5.41) is 0. The molecule has 1 aliphatic rings. The van der Waals surface area contributed by atoms with Gasteiger partial charge in [-0.3, -0.25) is 4.79 Å². The van der Waals surface area contributed by atoms with Gasteiger partial charge in [0.05, 0.1) is 13.5 Å². The second-order valence-electron chi connectivity index (χ2n) is 4.60. The first-order valence-electron chi connectivity index (χ1n) is 6.08. The predicted molar refractivity (Wildman–Crippen MR) is 75.9 cm³/mol. The number of aryl methyl sites for hydroxylation is 2. The lowest BCUT2D eigenvalue weighted by atomic mass is 9.89. The van der Waals surface area contributed by atoms with Crippen LogP contribution in [0.3, 0.4) is 0 Å². The minimum Gasteiger partial charge on any atom is -0.469 e. The van der Waals surface area contributed by atoms with Crippen LogP contribution in [0.4, 0.5) is 0 Å². The molecular weight excluding hydrogens is 244 g/mol. The molecule has 0 fully saturated rings. The lowest BCUT2D eigenvalue weighted by Gasteiger charge is -2.19. The summed E-state index contributed by atoms with van der Waals surface area (Å²) in [5.74, 6) is -0.150. The molecule has 0 aliphatic heterocycles. The molecule has 0 amide bonds. The smallest absolute Gasteiger partial charge is 0.309 e. The number of fused-ring (bicyclic) bond motifs is 1. The first kappa shape index (κ1) is 13.2. The molecule has 1 aromatic rings. The lowest BCUT2D eigenvalue weighted by Crippen LogP contribution is -2.07. The van der Waals surface area contributed by atoms with E-state index in [1.807, 2.05) is 0 Å². The van der Waals surface area contributed by atoms with Crippen LogP contribution in [0.2, 0.25) is 0 Å². The van der Waals surface area contributed by atoms with Gasteiger partial charge < -0.3 is 4.74 Å². The second kappa shape index (κ2) is 5.61. The van der Waals surface area contributed by atoms with E-state index in [9.17, 15) is 4.79 Å². The molecule has 2 rings (SSSR count). The van der Waals surface area contributed by atoms with Gasteiger partial charge in [0.25, 0.3) is 0 Å². The van der Waals surface area contributed by atoms with Crippen LogP contribution in [-0.4, -0.2) is 19.3 Å². The standard InChI is InChI=1S/C15H18O2S/c1-10-6-12-5-4-11(9-15(16)17-2)8-13(12)14(7-10)18-3/h6-8H,4-5,9H2,1-3H3. The Hall–Kier alpha value is -1.22. The second-order valence-corrected chi connectivity index (χ2v) is 5.44. The van der Waals surface area contributed by atoms with Crippen molar-refractivity contribution in [2.75, 3.05) is 13.4 Å². The molecule has 0 bridgehead atoms. The fraction of sp³-hybridized carbons (Fsp3) is 0.400. The number of ether oxygens (including phenoxy) is 1. The van der Waals surface area contributed by atoms with E-state index in [4.69, 9.17) is 4.74 Å². The quantitative estimate of drug-likeness (QED) is 0.615. The average molecular weight is 262 g/mol. The van der Waals surface area contributed by atoms with Crippen molar-refractivity contribution in [3.8, 4) is 0 Å². The molecule has 0 unspecified atom stereocenters. The molecule has 0 spiro atoms. The Balaban J connectivity index is 2.35. The molecule has 18 heavy (non-hydrogen) atoms. The van der Waals surface area contributed by atoms with Crippen molar-refractivity contribution in [3.05, 3.63) is 34.4 Å². The van der Waals surface area contributed by atoms with Gasteiger partial charge in [0.15, 0.2) is 0 Å². The monoisotopic (exact) mass is 262 g/mol. The summed E-state index contributed by atoms with van der Waals surface area (Å²) >= 11 is 1.76. The van der Waals surface area contributed by atoms with Crippen molar-refractivity contribution < 1.29 is 9.53 Å². The number of benzene rings is 1. The van der Waals surface area contributed by atoms with E-state index in [0.29, 0.717) is 6.42 Å². The number of rotatable bonds is 3. The summed E-state index contributed by atoms with van der Waals surface area (Å²) in [7, 11) is 1.44. The highest BCUT2D eigenvalue weighted by atomic mass is 32.2. The third-order valence-electron chi connectivity index (χ3n) is 3.25. The van der Waals surface area contributed by atoms with Gasteiger partial charge in [-0.2, -0.15) is 0 Å². The maximum Gasteiger partial charge on any atom is 0.309 e. The van der Waals surface area contributed by atoms with Gasteiger partial charge in [-0.05, 0) is 48.8 Å². The van der Waals surface area contributed by atoms with E-state index >= 15 is 0 Å². The van der Waals surface area contributed by atoms with E-state index in [0.717, 1.165) is 12.8 Å². The minimum atomic E-state index is -0.150. The molecule has 0 saturated heterocycles. The molecule has 3 heteroatoms. The van der Waals surface area contributed by atoms with Gasteiger partial charge >= 0.3 is 5.97 Å². The number of methoxy groups -OCH3 is 1. The van der Waals surface area contributed by atoms with Gasteiger partial charge in [0.2, 0.25) is 0 Å². The van der Waals surface area contributed by atoms with Crippen molar-refractivity contribution in [1.29, 1.82) is 0 Å². The highest BCUT2D eigenvalue weighted by Crippen LogP contribution is 2.33. The normalized spacial score (nSPS) is 13.8. The SMILES string of the molecule is COC(=O)CC1=Cc2c(cc(C)cc2SC)CC1. The highest BCUT2D eigenvalue weighted by molar-refractivity contribution is 7.98. The Morgan fingerprint density at radius 3 is 2.83 bits per heavy atom. The van der Waals surface area contributed by atoms with Gasteiger partial charge in [0, 0.05) is 4.90 Å². The zero-order valence-electron chi connectivity index (χ0n) is 11.1. The van der Waals surface area contributed by atoms with Crippen molar-refractivity contribution in [3.63, 3.8) is 0 Å². The Morgan fingerprint density at radius 2 is 2.17 bits per heavy atom.